The average Bonchev–Trinajstić information content (AvgIpc) is 3.24. The number of nitrogen functional groups attached to an aromatic ring is 1. The van der Waals surface area contributed by atoms with Crippen LogP contribution in [-0.2, 0) is 6.18 Å². The summed E-state index contributed by atoms with van der Waals surface area (Å²) in [6.07, 6.45) is 0.869. The summed E-state index contributed by atoms with van der Waals surface area (Å²) >= 11 is 0. The van der Waals surface area contributed by atoms with Crippen LogP contribution < -0.4 is 16.4 Å². The number of aromatic nitrogens is 3. The number of halogens is 3. The van der Waals surface area contributed by atoms with Crippen LogP contribution >= 0.6 is 0 Å². The molecule has 1 aliphatic carbocycles. The maximum absolute atomic E-state index is 13.0. The number of nitrogens with zero attached hydrogens (tertiary/aromatic N) is 3. The van der Waals surface area contributed by atoms with E-state index in [9.17, 15) is 13.2 Å². The molecule has 2 heterocycles. The summed E-state index contributed by atoms with van der Waals surface area (Å²) in [5.41, 5.74) is 5.69. The molecular weight excluding hydrogens is 297 g/mol. The summed E-state index contributed by atoms with van der Waals surface area (Å²) in [5, 5.41) is 5.54. The number of rotatable bonds is 4. The first kappa shape index (κ1) is 14.4. The Morgan fingerprint density at radius 1 is 1.23 bits per heavy atom. The van der Waals surface area contributed by atoms with Crippen molar-refractivity contribution >= 4 is 23.1 Å². The third-order valence-electron chi connectivity index (χ3n) is 3.11. The Hall–Kier alpha value is -2.58. The van der Waals surface area contributed by atoms with Crippen LogP contribution in [0.1, 0.15) is 18.4 Å². The van der Waals surface area contributed by atoms with Crippen LogP contribution in [-0.4, -0.2) is 21.0 Å². The summed E-state index contributed by atoms with van der Waals surface area (Å²) in [4.78, 5) is 11.5. The molecule has 0 unspecified atom stereocenters. The molecule has 0 aromatic carbocycles. The first-order chi connectivity index (χ1) is 10.4. The predicted octanol–water partition coefficient (Wildman–Crippen LogP) is 2.79. The van der Waals surface area contributed by atoms with Crippen LogP contribution in [0, 0.1) is 0 Å². The van der Waals surface area contributed by atoms with Crippen molar-refractivity contribution in [3.8, 4) is 0 Å². The topological polar surface area (TPSA) is 88.8 Å². The maximum atomic E-state index is 13.0. The number of hydrogen-bond donors (Lipinski definition) is 3. The summed E-state index contributed by atoms with van der Waals surface area (Å²) in [5.74, 6) is -0.203. The van der Waals surface area contributed by atoms with Gasteiger partial charge in [0.25, 0.3) is 0 Å². The van der Waals surface area contributed by atoms with Gasteiger partial charge < -0.3 is 16.4 Å². The van der Waals surface area contributed by atoms with Crippen LogP contribution in [0.2, 0.25) is 0 Å². The van der Waals surface area contributed by atoms with Gasteiger partial charge in [-0.15, -0.1) is 0 Å². The van der Waals surface area contributed by atoms with Gasteiger partial charge in [-0.2, -0.15) is 18.2 Å². The highest BCUT2D eigenvalue weighted by molar-refractivity contribution is 5.69. The minimum atomic E-state index is -4.51. The highest BCUT2D eigenvalue weighted by atomic mass is 19.4. The van der Waals surface area contributed by atoms with Crippen molar-refractivity contribution in [2.24, 2.45) is 0 Å². The predicted molar refractivity (Wildman–Crippen MR) is 75.6 cm³/mol. The zero-order chi connectivity index (χ0) is 15.7. The lowest BCUT2D eigenvalue weighted by Crippen LogP contribution is -2.15. The van der Waals surface area contributed by atoms with E-state index >= 15 is 0 Å². The zero-order valence-electron chi connectivity index (χ0n) is 11.4. The molecule has 1 saturated carbocycles. The molecular formula is C13H13F3N6. The van der Waals surface area contributed by atoms with E-state index < -0.39 is 11.7 Å². The molecule has 2 aromatic rings. The van der Waals surface area contributed by atoms with Gasteiger partial charge in [0.05, 0.1) is 17.6 Å². The number of nitrogens with one attached hydrogen (secondary N) is 2. The first-order valence-electron chi connectivity index (χ1n) is 6.61. The van der Waals surface area contributed by atoms with Gasteiger partial charge in [-0.05, 0) is 18.9 Å². The van der Waals surface area contributed by atoms with Gasteiger partial charge in [-0.3, -0.25) is 4.98 Å². The van der Waals surface area contributed by atoms with Crippen molar-refractivity contribution in [3.05, 3.63) is 30.2 Å². The Morgan fingerprint density at radius 2 is 2.00 bits per heavy atom. The normalized spacial score (nSPS) is 14.7. The third kappa shape index (κ3) is 3.18. The molecule has 0 spiro atoms. The summed E-state index contributed by atoms with van der Waals surface area (Å²) < 4.78 is 38.9. The van der Waals surface area contributed by atoms with Crippen LogP contribution in [0.5, 0.6) is 0 Å². The van der Waals surface area contributed by atoms with E-state index in [1.54, 1.807) is 6.07 Å². The van der Waals surface area contributed by atoms with E-state index in [0.717, 1.165) is 19.0 Å². The zero-order valence-corrected chi connectivity index (χ0v) is 11.4. The first-order valence-corrected chi connectivity index (χ1v) is 6.61. The molecule has 22 heavy (non-hydrogen) atoms. The second-order valence-electron chi connectivity index (χ2n) is 4.96. The van der Waals surface area contributed by atoms with Crippen molar-refractivity contribution < 1.29 is 13.2 Å². The van der Waals surface area contributed by atoms with E-state index in [1.165, 1.54) is 12.4 Å². The standard InChI is InChI=1S/C13H13F3N6/c14-13(15,16)8-5-19-12(22-11(8)20-7-1-2-7)21-10-6-18-4-3-9(10)17/h3-7H,1-2H2,(H2,17,18)(H2,19,20,21,22). The molecule has 4 N–H and O–H groups in total. The monoisotopic (exact) mass is 310 g/mol. The van der Waals surface area contributed by atoms with Crippen LogP contribution in [0.4, 0.5) is 36.3 Å². The van der Waals surface area contributed by atoms with E-state index in [2.05, 4.69) is 25.6 Å². The molecule has 0 saturated heterocycles. The van der Waals surface area contributed by atoms with E-state index in [0.29, 0.717) is 11.4 Å². The minimum Gasteiger partial charge on any atom is -0.397 e. The molecule has 0 atom stereocenters. The molecule has 0 bridgehead atoms. The van der Waals surface area contributed by atoms with Crippen LogP contribution in [0.15, 0.2) is 24.7 Å². The Balaban J connectivity index is 1.91. The number of hydrogen-bond acceptors (Lipinski definition) is 6. The van der Waals surface area contributed by atoms with Gasteiger partial charge in [0.2, 0.25) is 5.95 Å². The molecule has 1 fully saturated rings. The van der Waals surface area contributed by atoms with Gasteiger partial charge >= 0.3 is 6.18 Å². The van der Waals surface area contributed by atoms with Crippen LogP contribution in [0.25, 0.3) is 0 Å². The molecule has 6 nitrogen and oxygen atoms in total. The average molecular weight is 310 g/mol. The number of nitrogens with two attached hydrogens (primary N) is 1. The highest BCUT2D eigenvalue weighted by Crippen LogP contribution is 2.36. The molecule has 0 aliphatic heterocycles. The largest absolute Gasteiger partial charge is 0.421 e. The van der Waals surface area contributed by atoms with Gasteiger partial charge in [-0.1, -0.05) is 0 Å². The lowest BCUT2D eigenvalue weighted by atomic mass is 10.3. The summed E-state index contributed by atoms with van der Waals surface area (Å²) in [6, 6.07) is 1.60. The van der Waals surface area contributed by atoms with Gasteiger partial charge in [0.1, 0.15) is 11.4 Å². The number of alkyl halides is 3. The summed E-state index contributed by atoms with van der Waals surface area (Å²) in [6.45, 7) is 0. The molecule has 0 radical (unpaired) electrons. The fraction of sp³-hybridized carbons (Fsp3) is 0.308. The van der Waals surface area contributed by atoms with Crippen molar-refractivity contribution in [2.75, 3.05) is 16.4 Å². The van der Waals surface area contributed by atoms with Crippen molar-refractivity contribution in [1.82, 2.24) is 15.0 Å². The van der Waals surface area contributed by atoms with Crippen LogP contribution in [0.3, 0.4) is 0 Å². The molecule has 0 amide bonds. The molecule has 9 heteroatoms. The van der Waals surface area contributed by atoms with Gasteiger partial charge in [0.15, 0.2) is 0 Å². The Morgan fingerprint density at radius 3 is 2.64 bits per heavy atom. The fourth-order valence-corrected chi connectivity index (χ4v) is 1.81. The van der Waals surface area contributed by atoms with E-state index in [1.807, 2.05) is 0 Å². The number of anilines is 4. The van der Waals surface area contributed by atoms with Crippen molar-refractivity contribution in [1.29, 1.82) is 0 Å². The lowest BCUT2D eigenvalue weighted by Gasteiger charge is -2.14. The SMILES string of the molecule is Nc1ccncc1Nc1ncc(C(F)(F)F)c(NC2CC2)n1. The lowest BCUT2D eigenvalue weighted by molar-refractivity contribution is -0.137. The minimum absolute atomic E-state index is 0.0239. The van der Waals surface area contributed by atoms with Gasteiger partial charge in [-0.25, -0.2) is 4.98 Å². The Labute approximate surface area is 124 Å². The quantitative estimate of drug-likeness (QED) is 0.804. The smallest absolute Gasteiger partial charge is 0.397 e. The molecule has 2 aromatic heterocycles. The van der Waals surface area contributed by atoms with Crippen molar-refractivity contribution in [3.63, 3.8) is 0 Å². The fourth-order valence-electron chi connectivity index (χ4n) is 1.81. The molecule has 116 valence electrons. The Kier molecular flexibility index (Phi) is 3.47. The highest BCUT2D eigenvalue weighted by Gasteiger charge is 2.36. The van der Waals surface area contributed by atoms with Gasteiger partial charge in [0, 0.05) is 18.4 Å². The maximum Gasteiger partial charge on any atom is 0.421 e. The second kappa shape index (κ2) is 5.32. The molecule has 1 aliphatic rings. The summed E-state index contributed by atoms with van der Waals surface area (Å²) in [7, 11) is 0. The third-order valence-corrected chi connectivity index (χ3v) is 3.11. The second-order valence-corrected chi connectivity index (χ2v) is 4.96. The Bertz CT molecular complexity index is 684. The van der Waals surface area contributed by atoms with E-state index in [-0.39, 0.29) is 17.8 Å². The van der Waals surface area contributed by atoms with Crippen molar-refractivity contribution in [2.45, 2.75) is 25.1 Å². The van der Waals surface area contributed by atoms with E-state index in [4.69, 9.17) is 5.73 Å². The number of pyridine rings is 1. The molecule has 3 rings (SSSR count).